The Hall–Kier alpha value is -1.27. The molecule has 0 saturated heterocycles. The molecule has 0 atom stereocenters. The van der Waals surface area contributed by atoms with E-state index in [0.29, 0.717) is 0 Å². The second-order valence-corrected chi connectivity index (χ2v) is 6.21. The quantitative estimate of drug-likeness (QED) is 0.802. The summed E-state index contributed by atoms with van der Waals surface area (Å²) >= 11 is 4.73. The maximum atomic E-state index is 10.7. The highest BCUT2D eigenvalue weighted by Gasteiger charge is 2.11. The maximum Gasteiger partial charge on any atom is 0.313 e. The first-order valence-corrected chi connectivity index (χ1v) is 8.07. The number of rotatable bonds is 6. The number of thioether (sulfide) groups is 1. The molecule has 0 unspecified atom stereocenters. The van der Waals surface area contributed by atoms with Gasteiger partial charge >= 0.3 is 5.97 Å². The van der Waals surface area contributed by atoms with Gasteiger partial charge in [-0.25, -0.2) is 4.68 Å². The van der Waals surface area contributed by atoms with Crippen LogP contribution in [0.15, 0.2) is 39.8 Å². The van der Waals surface area contributed by atoms with Crippen molar-refractivity contribution >= 4 is 33.7 Å². The van der Waals surface area contributed by atoms with Crippen LogP contribution < -0.4 is 0 Å². The fourth-order valence-corrected chi connectivity index (χ4v) is 2.97. The Kier molecular flexibility index (Phi) is 5.25. The summed E-state index contributed by atoms with van der Waals surface area (Å²) in [6.45, 7) is 2.10. The highest BCUT2D eigenvalue weighted by atomic mass is 79.9. The van der Waals surface area contributed by atoms with Crippen molar-refractivity contribution in [2.75, 3.05) is 5.75 Å². The Bertz CT molecular complexity index is 613. The van der Waals surface area contributed by atoms with E-state index in [1.165, 1.54) is 11.8 Å². The zero-order valence-corrected chi connectivity index (χ0v) is 13.4. The Morgan fingerprint density at radius 2 is 2.25 bits per heavy atom. The van der Waals surface area contributed by atoms with Crippen LogP contribution >= 0.6 is 27.7 Å². The fourth-order valence-electron chi connectivity index (χ4n) is 1.82. The summed E-state index contributed by atoms with van der Waals surface area (Å²) in [5.74, 6) is -0.792. The monoisotopic (exact) mass is 354 g/mol. The number of aliphatic carboxylic acids is 1. The van der Waals surface area contributed by atoms with Crippen LogP contribution in [0, 0.1) is 0 Å². The van der Waals surface area contributed by atoms with E-state index < -0.39 is 5.97 Å². The van der Waals surface area contributed by atoms with Gasteiger partial charge in [-0.3, -0.25) is 4.79 Å². The summed E-state index contributed by atoms with van der Waals surface area (Å²) in [6.07, 6.45) is 1.90. The predicted octanol–water partition coefficient (Wildman–Crippen LogP) is 3.76. The zero-order chi connectivity index (χ0) is 14.5. The number of carbonyl (C=O) groups is 1. The topological polar surface area (TPSA) is 55.1 Å². The highest BCUT2D eigenvalue weighted by molar-refractivity contribution is 9.10. The lowest BCUT2D eigenvalue weighted by atomic mass is 10.3. The molecule has 0 amide bonds. The van der Waals surface area contributed by atoms with E-state index in [4.69, 9.17) is 5.11 Å². The number of carboxylic acids is 1. The van der Waals surface area contributed by atoms with Crippen molar-refractivity contribution in [2.45, 2.75) is 24.8 Å². The van der Waals surface area contributed by atoms with Crippen LogP contribution in [0.5, 0.6) is 0 Å². The second-order valence-electron chi connectivity index (χ2n) is 4.30. The van der Waals surface area contributed by atoms with Crippen molar-refractivity contribution in [3.8, 4) is 5.69 Å². The van der Waals surface area contributed by atoms with E-state index >= 15 is 0 Å². The molecule has 0 aliphatic heterocycles. The standard InChI is InChI=1S/C14H15BrN2O2S/c1-2-4-11-8-13(20-9-14(18)19)17(16-11)12-6-3-5-10(15)7-12/h3,5-8H,2,4,9H2,1H3,(H,18,19). The van der Waals surface area contributed by atoms with Crippen LogP contribution in [-0.4, -0.2) is 26.6 Å². The van der Waals surface area contributed by atoms with E-state index in [2.05, 4.69) is 28.0 Å². The van der Waals surface area contributed by atoms with Crippen molar-refractivity contribution in [1.29, 1.82) is 0 Å². The van der Waals surface area contributed by atoms with Gasteiger partial charge in [0.2, 0.25) is 0 Å². The van der Waals surface area contributed by atoms with Gasteiger partial charge in [-0.05, 0) is 30.7 Å². The molecule has 0 saturated carbocycles. The average Bonchev–Trinajstić information content (AvgIpc) is 2.80. The first-order chi connectivity index (χ1) is 9.60. The number of aromatic nitrogens is 2. The largest absolute Gasteiger partial charge is 0.481 e. The molecule has 0 radical (unpaired) electrons. The predicted molar refractivity (Wildman–Crippen MR) is 83.6 cm³/mol. The third-order valence-electron chi connectivity index (χ3n) is 2.63. The van der Waals surface area contributed by atoms with Crippen molar-refractivity contribution in [3.63, 3.8) is 0 Å². The summed E-state index contributed by atoms with van der Waals surface area (Å²) in [4.78, 5) is 10.7. The van der Waals surface area contributed by atoms with Gasteiger partial charge in [0, 0.05) is 4.47 Å². The molecule has 1 N–H and O–H groups in total. The number of hydrogen-bond donors (Lipinski definition) is 1. The molecule has 6 heteroatoms. The lowest BCUT2D eigenvalue weighted by Gasteiger charge is -2.06. The summed E-state index contributed by atoms with van der Waals surface area (Å²) < 4.78 is 2.78. The molecule has 2 aromatic rings. The van der Waals surface area contributed by atoms with Gasteiger partial charge < -0.3 is 5.11 Å². The number of nitrogens with zero attached hydrogens (tertiary/aromatic N) is 2. The number of halogens is 1. The Morgan fingerprint density at radius 1 is 1.45 bits per heavy atom. The molecule has 0 aliphatic carbocycles. The molecule has 1 aromatic carbocycles. The third kappa shape index (κ3) is 3.86. The average molecular weight is 355 g/mol. The first kappa shape index (κ1) is 15.1. The van der Waals surface area contributed by atoms with Gasteiger partial charge in [0.15, 0.2) is 0 Å². The van der Waals surface area contributed by atoms with E-state index in [9.17, 15) is 4.79 Å². The minimum absolute atomic E-state index is 0.0330. The molecule has 0 fully saturated rings. The molecule has 106 valence electrons. The van der Waals surface area contributed by atoms with Crippen molar-refractivity contribution in [1.82, 2.24) is 9.78 Å². The highest BCUT2D eigenvalue weighted by Crippen LogP contribution is 2.25. The number of benzene rings is 1. The molecular weight excluding hydrogens is 340 g/mol. The maximum absolute atomic E-state index is 10.7. The van der Waals surface area contributed by atoms with Crippen LogP contribution in [0.4, 0.5) is 0 Å². The van der Waals surface area contributed by atoms with Gasteiger partial charge in [0.25, 0.3) is 0 Å². The van der Waals surface area contributed by atoms with E-state index in [1.807, 2.05) is 35.0 Å². The summed E-state index contributed by atoms with van der Waals surface area (Å²) in [7, 11) is 0. The molecule has 2 rings (SSSR count). The minimum Gasteiger partial charge on any atom is -0.481 e. The zero-order valence-electron chi connectivity index (χ0n) is 11.0. The normalized spacial score (nSPS) is 10.7. The van der Waals surface area contributed by atoms with Gasteiger partial charge in [-0.1, -0.05) is 47.1 Å². The van der Waals surface area contributed by atoms with Crippen LogP contribution in [-0.2, 0) is 11.2 Å². The van der Waals surface area contributed by atoms with E-state index in [0.717, 1.165) is 33.7 Å². The lowest BCUT2D eigenvalue weighted by molar-refractivity contribution is -0.133. The molecule has 4 nitrogen and oxygen atoms in total. The summed E-state index contributed by atoms with van der Waals surface area (Å²) in [5.41, 5.74) is 1.91. The second kappa shape index (κ2) is 6.95. The molecule has 20 heavy (non-hydrogen) atoms. The van der Waals surface area contributed by atoms with Crippen LogP contribution in [0.25, 0.3) is 5.69 Å². The number of carboxylic acid groups (broad SMARTS) is 1. The third-order valence-corrected chi connectivity index (χ3v) is 4.10. The van der Waals surface area contributed by atoms with Gasteiger partial charge in [0.1, 0.15) is 5.03 Å². The summed E-state index contributed by atoms with van der Waals surface area (Å²) in [6, 6.07) is 9.78. The van der Waals surface area contributed by atoms with Crippen LogP contribution in [0.1, 0.15) is 19.0 Å². The Balaban J connectivity index is 2.35. The number of hydrogen-bond acceptors (Lipinski definition) is 3. The minimum atomic E-state index is -0.825. The van der Waals surface area contributed by atoms with E-state index in [1.54, 1.807) is 0 Å². The van der Waals surface area contributed by atoms with Gasteiger partial charge in [-0.15, -0.1) is 0 Å². The van der Waals surface area contributed by atoms with Crippen LogP contribution in [0.2, 0.25) is 0 Å². The Morgan fingerprint density at radius 3 is 2.90 bits per heavy atom. The lowest BCUT2D eigenvalue weighted by Crippen LogP contribution is -2.02. The van der Waals surface area contributed by atoms with E-state index in [-0.39, 0.29) is 5.75 Å². The van der Waals surface area contributed by atoms with Crippen molar-refractivity contribution in [3.05, 3.63) is 40.5 Å². The van der Waals surface area contributed by atoms with Crippen molar-refractivity contribution < 1.29 is 9.90 Å². The SMILES string of the molecule is CCCc1cc(SCC(=O)O)n(-c2cccc(Br)c2)n1. The van der Waals surface area contributed by atoms with Gasteiger partial charge in [0.05, 0.1) is 17.1 Å². The number of aryl methyl sites for hydroxylation is 1. The summed E-state index contributed by atoms with van der Waals surface area (Å²) in [5, 5.41) is 14.3. The molecule has 0 spiro atoms. The van der Waals surface area contributed by atoms with Crippen LogP contribution in [0.3, 0.4) is 0 Å². The molecule has 0 aliphatic rings. The molecule has 0 bridgehead atoms. The molecular formula is C14H15BrN2O2S. The molecule has 1 heterocycles. The van der Waals surface area contributed by atoms with Gasteiger partial charge in [-0.2, -0.15) is 5.10 Å². The first-order valence-electron chi connectivity index (χ1n) is 6.29. The Labute approximate surface area is 130 Å². The smallest absolute Gasteiger partial charge is 0.313 e. The molecule has 1 aromatic heterocycles. The van der Waals surface area contributed by atoms with Crippen molar-refractivity contribution in [2.24, 2.45) is 0 Å². The fraction of sp³-hybridized carbons (Fsp3) is 0.286.